The van der Waals surface area contributed by atoms with Gasteiger partial charge in [0.2, 0.25) is 11.8 Å². The van der Waals surface area contributed by atoms with Crippen LogP contribution in [0.1, 0.15) is 93.9 Å². The van der Waals surface area contributed by atoms with Crippen LogP contribution in [0.25, 0.3) is 0 Å². The molecule has 1 N–H and O–H groups in total. The lowest BCUT2D eigenvalue weighted by molar-refractivity contribution is -0.148. The van der Waals surface area contributed by atoms with Gasteiger partial charge in [-0.05, 0) is 109 Å². The van der Waals surface area contributed by atoms with Crippen LogP contribution in [0.2, 0.25) is 0 Å². The predicted molar refractivity (Wildman–Crippen MR) is 138 cm³/mol. The third-order valence-corrected chi connectivity index (χ3v) is 10.0. The number of hydrogen-bond donors (Lipinski definition) is 1. The van der Waals surface area contributed by atoms with E-state index >= 15 is 0 Å². The van der Waals surface area contributed by atoms with Crippen molar-refractivity contribution in [2.24, 2.45) is 34.5 Å². The molecule has 4 rings (SSSR count). The molecule has 7 atom stereocenters. The van der Waals surface area contributed by atoms with Gasteiger partial charge in [-0.25, -0.2) is 4.79 Å². The van der Waals surface area contributed by atoms with Gasteiger partial charge < -0.3 is 10.2 Å². The van der Waals surface area contributed by atoms with E-state index in [0.717, 1.165) is 38.5 Å². The van der Waals surface area contributed by atoms with E-state index in [1.54, 1.807) is 6.08 Å². The van der Waals surface area contributed by atoms with E-state index in [4.69, 9.17) is 0 Å². The molecule has 3 saturated carbocycles. The molecule has 0 radical (unpaired) electrons. The standard InChI is InChI=1S/C29H47N3O3/c1-26(2,3)30-25(35)32(27(4,5)6)24(34)21-12-11-19-18-10-13-22-29(8,17-15-23(33)31(22)9)20(18)14-16-28(19,21)7/h15,17-22H,10-14,16H2,1-9H3,(H,30,35)/t18-,19-,20-,21+,22+,28-,29+/m0/s1. The molecule has 196 valence electrons. The van der Waals surface area contributed by atoms with Crippen molar-refractivity contribution in [3.05, 3.63) is 12.2 Å². The first kappa shape index (κ1) is 26.2. The number of amides is 4. The molecular weight excluding hydrogens is 438 g/mol. The highest BCUT2D eigenvalue weighted by Gasteiger charge is 2.62. The van der Waals surface area contributed by atoms with Gasteiger partial charge in [-0.3, -0.25) is 14.5 Å². The molecule has 0 aromatic carbocycles. The lowest BCUT2D eigenvalue weighted by Gasteiger charge is -2.60. The summed E-state index contributed by atoms with van der Waals surface area (Å²) < 4.78 is 0. The summed E-state index contributed by atoms with van der Waals surface area (Å²) in [7, 11) is 1.95. The minimum atomic E-state index is -0.590. The molecule has 0 aromatic rings. The van der Waals surface area contributed by atoms with Gasteiger partial charge in [0, 0.05) is 35.5 Å². The quantitative estimate of drug-likeness (QED) is 0.542. The first-order valence-corrected chi connectivity index (χ1v) is 13.6. The van der Waals surface area contributed by atoms with Gasteiger partial charge >= 0.3 is 6.03 Å². The lowest BCUT2D eigenvalue weighted by Crippen LogP contribution is -2.61. The van der Waals surface area contributed by atoms with Crippen LogP contribution in [0, 0.1) is 34.5 Å². The number of imide groups is 1. The summed E-state index contributed by atoms with van der Waals surface area (Å²) in [4.78, 5) is 43.2. The van der Waals surface area contributed by atoms with Crippen molar-refractivity contribution in [3.8, 4) is 0 Å². The zero-order chi connectivity index (χ0) is 26.1. The number of urea groups is 1. The molecule has 35 heavy (non-hydrogen) atoms. The van der Waals surface area contributed by atoms with Crippen LogP contribution in [-0.2, 0) is 9.59 Å². The van der Waals surface area contributed by atoms with Gasteiger partial charge in [0.05, 0.1) is 0 Å². The molecule has 6 heteroatoms. The van der Waals surface area contributed by atoms with E-state index in [9.17, 15) is 14.4 Å². The van der Waals surface area contributed by atoms with E-state index in [1.807, 2.05) is 53.5 Å². The van der Waals surface area contributed by atoms with Crippen LogP contribution >= 0.6 is 0 Å². The molecule has 3 fully saturated rings. The first-order chi connectivity index (χ1) is 16.0. The Labute approximate surface area is 212 Å². The summed E-state index contributed by atoms with van der Waals surface area (Å²) in [6.07, 6.45) is 10.1. The lowest BCUT2D eigenvalue weighted by atomic mass is 9.47. The maximum Gasteiger partial charge on any atom is 0.324 e. The average Bonchev–Trinajstić information content (AvgIpc) is 3.06. The van der Waals surface area contributed by atoms with Crippen LogP contribution in [0.5, 0.6) is 0 Å². The van der Waals surface area contributed by atoms with Gasteiger partial charge in [-0.15, -0.1) is 0 Å². The Balaban J connectivity index is 1.61. The highest BCUT2D eigenvalue weighted by atomic mass is 16.2. The van der Waals surface area contributed by atoms with Crippen molar-refractivity contribution >= 4 is 17.8 Å². The van der Waals surface area contributed by atoms with E-state index in [1.165, 1.54) is 4.90 Å². The fraction of sp³-hybridized carbons (Fsp3) is 0.828. The average molecular weight is 486 g/mol. The van der Waals surface area contributed by atoms with E-state index in [0.29, 0.717) is 17.8 Å². The summed E-state index contributed by atoms with van der Waals surface area (Å²) in [6, 6.07) is -0.0225. The van der Waals surface area contributed by atoms with Crippen LogP contribution in [0.4, 0.5) is 4.79 Å². The molecule has 0 bridgehead atoms. The molecule has 3 aliphatic carbocycles. The van der Waals surface area contributed by atoms with Gasteiger partial charge in [-0.2, -0.15) is 0 Å². The zero-order valence-electron chi connectivity index (χ0n) is 23.4. The molecule has 4 amide bonds. The van der Waals surface area contributed by atoms with Gasteiger partial charge in [-0.1, -0.05) is 19.9 Å². The third-order valence-electron chi connectivity index (χ3n) is 10.0. The fourth-order valence-corrected chi connectivity index (χ4v) is 8.41. The van der Waals surface area contributed by atoms with Gasteiger partial charge in [0.1, 0.15) is 0 Å². The van der Waals surface area contributed by atoms with E-state index in [-0.39, 0.29) is 40.6 Å². The summed E-state index contributed by atoms with van der Waals surface area (Å²) in [5.74, 6) is 1.56. The maximum atomic E-state index is 14.1. The second kappa shape index (κ2) is 8.34. The molecule has 4 aliphatic rings. The topological polar surface area (TPSA) is 69.7 Å². The number of hydrogen-bond acceptors (Lipinski definition) is 3. The minimum Gasteiger partial charge on any atom is -0.338 e. The predicted octanol–water partition coefficient (Wildman–Crippen LogP) is 5.38. The second-order valence-corrected chi connectivity index (χ2v) is 14.3. The fourth-order valence-electron chi connectivity index (χ4n) is 8.41. The van der Waals surface area contributed by atoms with Crippen molar-refractivity contribution in [3.63, 3.8) is 0 Å². The second-order valence-electron chi connectivity index (χ2n) is 14.3. The Morgan fingerprint density at radius 2 is 1.66 bits per heavy atom. The normalized spacial score (nSPS) is 38.9. The number of fused-ring (bicyclic) bond motifs is 5. The minimum absolute atomic E-state index is 0.000951. The van der Waals surface area contributed by atoms with E-state index < -0.39 is 11.1 Å². The summed E-state index contributed by atoms with van der Waals surface area (Å²) >= 11 is 0. The van der Waals surface area contributed by atoms with E-state index in [2.05, 4.69) is 25.2 Å². The van der Waals surface area contributed by atoms with Crippen molar-refractivity contribution in [2.75, 3.05) is 7.05 Å². The van der Waals surface area contributed by atoms with Crippen molar-refractivity contribution in [1.82, 2.24) is 15.1 Å². The van der Waals surface area contributed by atoms with Gasteiger partial charge in [0.15, 0.2) is 0 Å². The Kier molecular flexibility index (Phi) is 6.25. The molecule has 6 nitrogen and oxygen atoms in total. The summed E-state index contributed by atoms with van der Waals surface area (Å²) in [5, 5.41) is 3.03. The smallest absolute Gasteiger partial charge is 0.324 e. The molecule has 0 saturated heterocycles. The highest BCUT2D eigenvalue weighted by molar-refractivity contribution is 5.97. The number of carbonyl (C=O) groups excluding carboxylic acids is 3. The van der Waals surface area contributed by atoms with Crippen molar-refractivity contribution in [1.29, 1.82) is 0 Å². The highest BCUT2D eigenvalue weighted by Crippen LogP contribution is 2.65. The number of likely N-dealkylation sites (N-methyl/N-ethyl adjacent to an activating group) is 1. The SMILES string of the molecule is CN1C(=O)C=C[C@]2(C)[C@H]3CC[C@]4(C)[C@@H](C(=O)N(C(=O)NC(C)(C)C)C(C)(C)C)CC[C@H]4[C@@H]3CC[C@@H]12. The number of nitrogens with one attached hydrogen (secondary N) is 1. The number of carbonyl (C=O) groups is 3. The number of rotatable bonds is 1. The van der Waals surface area contributed by atoms with Crippen LogP contribution < -0.4 is 5.32 Å². The first-order valence-electron chi connectivity index (χ1n) is 13.6. The third kappa shape index (κ3) is 4.23. The molecule has 0 spiro atoms. The van der Waals surface area contributed by atoms with Crippen molar-refractivity contribution < 1.29 is 14.4 Å². The molecule has 1 heterocycles. The van der Waals surface area contributed by atoms with Crippen LogP contribution in [0.3, 0.4) is 0 Å². The molecule has 0 aromatic heterocycles. The Morgan fingerprint density at radius 3 is 2.26 bits per heavy atom. The Morgan fingerprint density at radius 1 is 1.00 bits per heavy atom. The van der Waals surface area contributed by atoms with Crippen LogP contribution in [0.15, 0.2) is 12.2 Å². The molecular formula is C29H47N3O3. The molecule has 1 aliphatic heterocycles. The molecule has 0 unspecified atom stereocenters. The summed E-state index contributed by atoms with van der Waals surface area (Å²) in [6.45, 7) is 16.4. The number of nitrogens with zero attached hydrogens (tertiary/aromatic N) is 2. The monoisotopic (exact) mass is 485 g/mol. The van der Waals surface area contributed by atoms with Crippen molar-refractivity contribution in [2.45, 2.75) is 111 Å². The van der Waals surface area contributed by atoms with Gasteiger partial charge in [0.25, 0.3) is 0 Å². The Bertz CT molecular complexity index is 928. The largest absolute Gasteiger partial charge is 0.338 e. The summed E-state index contributed by atoms with van der Waals surface area (Å²) in [5.41, 5.74) is -1.09. The Hall–Kier alpha value is -1.85. The zero-order valence-corrected chi connectivity index (χ0v) is 23.4. The van der Waals surface area contributed by atoms with Crippen LogP contribution in [-0.4, -0.2) is 51.8 Å². The maximum absolute atomic E-state index is 14.1.